The molecule has 9 heteroatoms. The summed E-state index contributed by atoms with van der Waals surface area (Å²) in [5.74, 6) is -1.27. The summed E-state index contributed by atoms with van der Waals surface area (Å²) in [7, 11) is 1.64. The molecule has 2 rings (SSSR count). The molecule has 29 heavy (non-hydrogen) atoms. The zero-order chi connectivity index (χ0) is 22.0. The van der Waals surface area contributed by atoms with Crippen LogP contribution in [0.2, 0.25) is 0 Å². The summed E-state index contributed by atoms with van der Waals surface area (Å²) in [4.78, 5) is 26.5. The Hall–Kier alpha value is -2.29. The number of likely N-dealkylation sites (tertiary alicyclic amines) is 1. The summed E-state index contributed by atoms with van der Waals surface area (Å²) in [5.41, 5.74) is -1.86. The standard InChI is InChI=1S/C20H27F3N2O4/c1-19(2,3)29-18(28)24(4)10-13-7-8-25(11-13)12-15-6-5-14(17(26)27)9-16(15)20(21,22)23/h5-6,9,13H,7-8,10-12H2,1-4H3,(H,26,27)/t13-/m1/s1. The number of benzene rings is 1. The van der Waals surface area contributed by atoms with Crippen molar-refractivity contribution in [1.29, 1.82) is 0 Å². The number of hydrogen-bond donors (Lipinski definition) is 1. The summed E-state index contributed by atoms with van der Waals surface area (Å²) in [6.07, 6.45) is -4.31. The van der Waals surface area contributed by atoms with Crippen LogP contribution < -0.4 is 0 Å². The van der Waals surface area contributed by atoms with Gasteiger partial charge in [0.25, 0.3) is 0 Å². The predicted molar refractivity (Wildman–Crippen MR) is 101 cm³/mol. The molecule has 0 radical (unpaired) electrons. The highest BCUT2D eigenvalue weighted by Crippen LogP contribution is 2.34. The Balaban J connectivity index is 2.01. The third kappa shape index (κ3) is 6.62. The van der Waals surface area contributed by atoms with Crippen LogP contribution in [-0.2, 0) is 17.5 Å². The molecule has 162 valence electrons. The highest BCUT2D eigenvalue weighted by atomic mass is 19.4. The Kier molecular flexibility index (Phi) is 6.82. The normalized spacial score (nSPS) is 18.0. The molecule has 0 aliphatic carbocycles. The number of carbonyl (C=O) groups excluding carboxylic acids is 1. The Morgan fingerprint density at radius 1 is 1.28 bits per heavy atom. The first-order valence-electron chi connectivity index (χ1n) is 9.36. The maximum absolute atomic E-state index is 13.4. The van der Waals surface area contributed by atoms with Gasteiger partial charge in [-0.15, -0.1) is 0 Å². The van der Waals surface area contributed by atoms with Crippen LogP contribution in [0.5, 0.6) is 0 Å². The van der Waals surface area contributed by atoms with Gasteiger partial charge in [-0.05, 0) is 57.4 Å². The lowest BCUT2D eigenvalue weighted by atomic mass is 10.0. The number of halogens is 3. The Bertz CT molecular complexity index is 759. The molecule has 0 spiro atoms. The topological polar surface area (TPSA) is 70.1 Å². The molecule has 0 unspecified atom stereocenters. The van der Waals surface area contributed by atoms with Crippen LogP contribution >= 0.6 is 0 Å². The van der Waals surface area contributed by atoms with Gasteiger partial charge in [0.15, 0.2) is 0 Å². The number of carboxylic acid groups (broad SMARTS) is 1. The molecule has 1 N–H and O–H groups in total. The Morgan fingerprint density at radius 2 is 1.93 bits per heavy atom. The van der Waals surface area contributed by atoms with Crippen LogP contribution in [0.25, 0.3) is 0 Å². The number of carbonyl (C=O) groups is 2. The van der Waals surface area contributed by atoms with Gasteiger partial charge in [0.05, 0.1) is 11.1 Å². The maximum Gasteiger partial charge on any atom is 0.416 e. The number of carboxylic acids is 1. The maximum atomic E-state index is 13.4. The van der Waals surface area contributed by atoms with E-state index in [1.165, 1.54) is 17.0 Å². The summed E-state index contributed by atoms with van der Waals surface area (Å²) in [6.45, 7) is 7.02. The number of nitrogens with zero attached hydrogens (tertiary/aromatic N) is 2. The number of hydrogen-bond acceptors (Lipinski definition) is 4. The second-order valence-corrected chi connectivity index (χ2v) is 8.43. The van der Waals surface area contributed by atoms with E-state index in [4.69, 9.17) is 9.84 Å². The fourth-order valence-corrected chi connectivity index (χ4v) is 3.36. The van der Waals surface area contributed by atoms with Gasteiger partial charge in [-0.25, -0.2) is 9.59 Å². The van der Waals surface area contributed by atoms with Crippen molar-refractivity contribution in [2.24, 2.45) is 5.92 Å². The van der Waals surface area contributed by atoms with E-state index in [1.807, 2.05) is 4.90 Å². The lowest BCUT2D eigenvalue weighted by Gasteiger charge is -2.26. The molecule has 1 aromatic rings. The highest BCUT2D eigenvalue weighted by Gasteiger charge is 2.35. The minimum Gasteiger partial charge on any atom is -0.478 e. The second kappa shape index (κ2) is 8.61. The van der Waals surface area contributed by atoms with E-state index < -0.39 is 29.4 Å². The van der Waals surface area contributed by atoms with Gasteiger partial charge in [0.1, 0.15) is 5.60 Å². The van der Waals surface area contributed by atoms with Crippen molar-refractivity contribution in [1.82, 2.24) is 9.80 Å². The third-order valence-electron chi connectivity index (χ3n) is 4.66. The van der Waals surface area contributed by atoms with Crippen molar-refractivity contribution >= 4 is 12.1 Å². The van der Waals surface area contributed by atoms with Crippen molar-refractivity contribution in [2.75, 3.05) is 26.7 Å². The number of amides is 1. The van der Waals surface area contributed by atoms with Crippen molar-refractivity contribution in [2.45, 2.75) is 45.5 Å². The van der Waals surface area contributed by atoms with E-state index in [0.717, 1.165) is 6.42 Å². The first-order chi connectivity index (χ1) is 13.3. The first kappa shape index (κ1) is 23.0. The number of rotatable bonds is 5. The van der Waals surface area contributed by atoms with Crippen LogP contribution in [0.1, 0.15) is 48.7 Å². The van der Waals surface area contributed by atoms with Gasteiger partial charge in [-0.1, -0.05) is 6.07 Å². The van der Waals surface area contributed by atoms with E-state index in [-0.39, 0.29) is 23.6 Å². The van der Waals surface area contributed by atoms with Crippen LogP contribution in [0, 0.1) is 5.92 Å². The largest absolute Gasteiger partial charge is 0.478 e. The predicted octanol–water partition coefficient (Wildman–Crippen LogP) is 4.09. The monoisotopic (exact) mass is 416 g/mol. The van der Waals surface area contributed by atoms with Gasteiger partial charge < -0.3 is 14.7 Å². The summed E-state index contributed by atoms with van der Waals surface area (Å²) < 4.78 is 45.4. The van der Waals surface area contributed by atoms with Gasteiger partial charge in [-0.3, -0.25) is 4.90 Å². The Morgan fingerprint density at radius 3 is 2.48 bits per heavy atom. The van der Waals surface area contributed by atoms with Crippen LogP contribution in [0.15, 0.2) is 18.2 Å². The quantitative estimate of drug-likeness (QED) is 0.783. The van der Waals surface area contributed by atoms with Crippen LogP contribution in [0.3, 0.4) is 0 Å². The van der Waals surface area contributed by atoms with E-state index in [0.29, 0.717) is 25.7 Å². The van der Waals surface area contributed by atoms with E-state index in [1.54, 1.807) is 27.8 Å². The number of alkyl halides is 3. The molecule has 0 aromatic heterocycles. The molecule has 1 saturated heterocycles. The zero-order valence-electron chi connectivity index (χ0n) is 17.0. The fraction of sp³-hybridized carbons (Fsp3) is 0.600. The van der Waals surface area contributed by atoms with Gasteiger partial charge >= 0.3 is 18.2 Å². The molecule has 1 heterocycles. The lowest BCUT2D eigenvalue weighted by molar-refractivity contribution is -0.138. The molecule has 1 amide bonds. The molecule has 1 aliphatic rings. The van der Waals surface area contributed by atoms with Crippen molar-refractivity contribution in [3.05, 3.63) is 34.9 Å². The van der Waals surface area contributed by atoms with Crippen molar-refractivity contribution < 1.29 is 32.6 Å². The minimum atomic E-state index is -4.63. The molecule has 0 saturated carbocycles. The van der Waals surface area contributed by atoms with Gasteiger partial charge in [0.2, 0.25) is 0 Å². The SMILES string of the molecule is CN(C[C@H]1CCN(Cc2ccc(C(=O)O)cc2C(F)(F)F)C1)C(=O)OC(C)(C)C. The highest BCUT2D eigenvalue weighted by molar-refractivity contribution is 5.88. The summed E-state index contributed by atoms with van der Waals surface area (Å²) in [5, 5.41) is 8.96. The van der Waals surface area contributed by atoms with E-state index in [9.17, 15) is 22.8 Å². The number of aromatic carboxylic acids is 1. The summed E-state index contributed by atoms with van der Waals surface area (Å²) >= 11 is 0. The fourth-order valence-electron chi connectivity index (χ4n) is 3.36. The minimum absolute atomic E-state index is 0.0450. The van der Waals surface area contributed by atoms with Crippen LogP contribution in [0.4, 0.5) is 18.0 Å². The molecular formula is C20H27F3N2O4. The average Bonchev–Trinajstić information content (AvgIpc) is 2.99. The number of ether oxygens (including phenoxy) is 1. The summed E-state index contributed by atoms with van der Waals surface area (Å²) in [6, 6.07) is 3.10. The van der Waals surface area contributed by atoms with Crippen molar-refractivity contribution in [3.63, 3.8) is 0 Å². The molecule has 6 nitrogen and oxygen atoms in total. The lowest BCUT2D eigenvalue weighted by Crippen LogP contribution is -2.37. The molecule has 1 fully saturated rings. The zero-order valence-corrected chi connectivity index (χ0v) is 17.0. The third-order valence-corrected chi connectivity index (χ3v) is 4.66. The smallest absolute Gasteiger partial charge is 0.416 e. The van der Waals surface area contributed by atoms with E-state index in [2.05, 4.69) is 0 Å². The molecule has 1 aromatic carbocycles. The molecular weight excluding hydrogens is 389 g/mol. The molecule has 1 aliphatic heterocycles. The molecule has 1 atom stereocenters. The van der Waals surface area contributed by atoms with Crippen molar-refractivity contribution in [3.8, 4) is 0 Å². The second-order valence-electron chi connectivity index (χ2n) is 8.43. The van der Waals surface area contributed by atoms with Crippen LogP contribution in [-0.4, -0.2) is 59.3 Å². The van der Waals surface area contributed by atoms with E-state index >= 15 is 0 Å². The average molecular weight is 416 g/mol. The first-order valence-corrected chi connectivity index (χ1v) is 9.36. The Labute approximate surface area is 168 Å². The molecule has 0 bridgehead atoms. The van der Waals surface area contributed by atoms with Gasteiger partial charge in [-0.2, -0.15) is 13.2 Å². The van der Waals surface area contributed by atoms with Gasteiger partial charge in [0, 0.05) is 26.7 Å².